The molecule has 2 aromatic rings. The van der Waals surface area contributed by atoms with Gasteiger partial charge in [0, 0.05) is 17.6 Å². The molecule has 33 heavy (non-hydrogen) atoms. The number of halogens is 1. The molecule has 0 spiro atoms. The number of anilines is 2. The Morgan fingerprint density at radius 1 is 1.33 bits per heavy atom. The fourth-order valence-corrected chi connectivity index (χ4v) is 4.99. The number of hydrogen-bond acceptors (Lipinski definition) is 6. The lowest BCUT2D eigenvalue weighted by molar-refractivity contribution is 0.136. The monoisotopic (exact) mass is 473 g/mol. The number of aromatic nitrogens is 1. The minimum Gasteiger partial charge on any atom is -0.398 e. The van der Waals surface area contributed by atoms with Crippen LogP contribution in [0.5, 0.6) is 0 Å². The molecule has 0 aliphatic heterocycles. The molecular formula is C23H28FN5O3S. The highest BCUT2D eigenvalue weighted by atomic mass is 32.2. The van der Waals surface area contributed by atoms with Crippen molar-refractivity contribution in [2.45, 2.75) is 67.8 Å². The third-order valence-electron chi connectivity index (χ3n) is 5.92. The van der Waals surface area contributed by atoms with Gasteiger partial charge in [-0.3, -0.25) is 9.79 Å². The third-order valence-corrected chi connectivity index (χ3v) is 8.09. The van der Waals surface area contributed by atoms with Crippen LogP contribution in [0.1, 0.15) is 51.5 Å². The number of H-pyrrole nitrogens is 1. The maximum atomic E-state index is 15.1. The quantitative estimate of drug-likeness (QED) is 0.433. The number of aliphatic imine (C=N–C) groups is 1. The number of benzene rings is 1. The number of amidine groups is 1. The van der Waals surface area contributed by atoms with E-state index in [4.69, 9.17) is 5.73 Å². The van der Waals surface area contributed by atoms with Crippen LogP contribution in [0.15, 0.2) is 51.2 Å². The van der Waals surface area contributed by atoms with Gasteiger partial charge in [-0.15, -0.1) is 0 Å². The smallest absolute Gasteiger partial charge is 0.261 e. The summed E-state index contributed by atoms with van der Waals surface area (Å²) in [5.41, 5.74) is 4.87. The van der Waals surface area contributed by atoms with Crippen LogP contribution in [-0.4, -0.2) is 36.2 Å². The number of nitrogens with two attached hydrogens (primary N) is 1. The SMILES string of the molecule is CC(C)S(=O)(=O)c1ccc(NC(=N[C@@]2(CC#N)CCCC[C@H]2F)c2c(N)cc[nH]c2=O)cc1. The molecule has 0 bridgehead atoms. The van der Waals surface area contributed by atoms with Gasteiger partial charge in [0.25, 0.3) is 5.56 Å². The van der Waals surface area contributed by atoms with Crippen molar-refractivity contribution >= 4 is 27.0 Å². The molecule has 1 aliphatic rings. The highest BCUT2D eigenvalue weighted by Crippen LogP contribution is 2.37. The number of alkyl halides is 1. The van der Waals surface area contributed by atoms with Crippen LogP contribution >= 0.6 is 0 Å². The molecule has 10 heteroatoms. The Hall–Kier alpha value is -3.19. The summed E-state index contributed by atoms with van der Waals surface area (Å²) in [6.07, 6.45) is 1.96. The summed E-state index contributed by atoms with van der Waals surface area (Å²) < 4.78 is 39.9. The van der Waals surface area contributed by atoms with Crippen molar-refractivity contribution in [1.82, 2.24) is 4.98 Å². The first-order valence-electron chi connectivity index (χ1n) is 10.8. The molecular weight excluding hydrogens is 445 g/mol. The van der Waals surface area contributed by atoms with Gasteiger partial charge in [0.1, 0.15) is 23.1 Å². The number of nitrogen functional groups attached to an aromatic ring is 1. The van der Waals surface area contributed by atoms with Crippen LogP contribution < -0.4 is 16.6 Å². The van der Waals surface area contributed by atoms with Gasteiger partial charge in [-0.1, -0.05) is 12.8 Å². The van der Waals surface area contributed by atoms with Crippen LogP contribution in [-0.2, 0) is 9.84 Å². The van der Waals surface area contributed by atoms with Gasteiger partial charge in [-0.05, 0) is 57.0 Å². The first kappa shape index (κ1) is 24.5. The van der Waals surface area contributed by atoms with Gasteiger partial charge in [-0.2, -0.15) is 5.26 Å². The largest absolute Gasteiger partial charge is 0.398 e. The molecule has 1 aromatic carbocycles. The molecule has 2 atom stereocenters. The summed E-state index contributed by atoms with van der Waals surface area (Å²) in [5, 5.41) is 11.8. The second-order valence-corrected chi connectivity index (χ2v) is 11.0. The Morgan fingerprint density at radius 2 is 2.03 bits per heavy atom. The Balaban J connectivity index is 2.10. The van der Waals surface area contributed by atoms with Crippen LogP contribution in [0.2, 0.25) is 0 Å². The maximum absolute atomic E-state index is 15.1. The van der Waals surface area contributed by atoms with Crippen molar-refractivity contribution in [3.63, 3.8) is 0 Å². The minimum atomic E-state index is -3.45. The minimum absolute atomic E-state index is 0.0338. The molecule has 0 unspecified atom stereocenters. The maximum Gasteiger partial charge on any atom is 0.261 e. The van der Waals surface area contributed by atoms with Gasteiger partial charge in [0.15, 0.2) is 9.84 Å². The van der Waals surface area contributed by atoms with Crippen molar-refractivity contribution in [1.29, 1.82) is 5.26 Å². The molecule has 8 nitrogen and oxygen atoms in total. The highest BCUT2D eigenvalue weighted by Gasteiger charge is 2.42. The molecule has 1 aliphatic carbocycles. The van der Waals surface area contributed by atoms with E-state index in [-0.39, 0.29) is 34.8 Å². The number of hydrogen-bond donors (Lipinski definition) is 3. The molecule has 0 amide bonds. The lowest BCUT2D eigenvalue weighted by Gasteiger charge is -2.35. The fourth-order valence-electron chi connectivity index (χ4n) is 3.93. The predicted molar refractivity (Wildman–Crippen MR) is 127 cm³/mol. The molecule has 3 rings (SSSR count). The first-order chi connectivity index (χ1) is 15.6. The molecule has 1 aromatic heterocycles. The summed E-state index contributed by atoms with van der Waals surface area (Å²) in [6.45, 7) is 3.20. The lowest BCUT2D eigenvalue weighted by atomic mass is 9.78. The van der Waals surface area contributed by atoms with E-state index in [9.17, 15) is 18.5 Å². The molecule has 4 N–H and O–H groups in total. The van der Waals surface area contributed by atoms with Crippen LogP contribution in [0.3, 0.4) is 0 Å². The van der Waals surface area contributed by atoms with Gasteiger partial charge in [0.05, 0.1) is 22.6 Å². The normalized spacial score (nSPS) is 21.5. The summed E-state index contributed by atoms with van der Waals surface area (Å²) in [4.78, 5) is 19.9. The van der Waals surface area contributed by atoms with E-state index in [1.807, 2.05) is 6.07 Å². The number of aromatic amines is 1. The zero-order chi connectivity index (χ0) is 24.2. The zero-order valence-electron chi connectivity index (χ0n) is 18.6. The number of rotatable bonds is 6. The first-order valence-corrected chi connectivity index (χ1v) is 12.3. The van der Waals surface area contributed by atoms with Crippen LogP contribution in [0, 0.1) is 11.3 Å². The zero-order valence-corrected chi connectivity index (χ0v) is 19.5. The number of nitriles is 1. The van der Waals surface area contributed by atoms with Gasteiger partial charge in [0.2, 0.25) is 0 Å². The van der Waals surface area contributed by atoms with Crippen molar-refractivity contribution in [2.75, 3.05) is 11.1 Å². The second-order valence-electron chi connectivity index (χ2n) is 8.49. The predicted octanol–water partition coefficient (Wildman–Crippen LogP) is 3.56. The average molecular weight is 474 g/mol. The second kappa shape index (κ2) is 9.75. The molecule has 0 radical (unpaired) electrons. The molecule has 0 saturated heterocycles. The lowest BCUT2D eigenvalue weighted by Crippen LogP contribution is -2.43. The van der Waals surface area contributed by atoms with Gasteiger partial charge < -0.3 is 16.0 Å². The number of nitrogens with one attached hydrogen (secondary N) is 2. The Kier molecular flexibility index (Phi) is 7.22. The van der Waals surface area contributed by atoms with Gasteiger partial charge in [-0.25, -0.2) is 12.8 Å². The Bertz CT molecular complexity index is 1230. The molecule has 1 heterocycles. The summed E-state index contributed by atoms with van der Waals surface area (Å²) in [5.74, 6) is 0.0358. The van der Waals surface area contributed by atoms with Crippen LogP contribution in [0.25, 0.3) is 0 Å². The Morgan fingerprint density at radius 3 is 2.61 bits per heavy atom. The number of pyridine rings is 1. The summed E-state index contributed by atoms with van der Waals surface area (Å²) >= 11 is 0. The van der Waals surface area contributed by atoms with E-state index in [1.54, 1.807) is 26.0 Å². The number of nitrogens with zero attached hydrogens (tertiary/aromatic N) is 2. The summed E-state index contributed by atoms with van der Waals surface area (Å²) in [7, 11) is -3.45. The topological polar surface area (TPSA) is 141 Å². The third kappa shape index (κ3) is 5.09. The fraction of sp³-hybridized carbons (Fsp3) is 0.435. The van der Waals surface area contributed by atoms with E-state index in [0.717, 1.165) is 0 Å². The van der Waals surface area contributed by atoms with E-state index in [0.29, 0.717) is 24.9 Å². The highest BCUT2D eigenvalue weighted by molar-refractivity contribution is 7.92. The molecule has 176 valence electrons. The van der Waals surface area contributed by atoms with E-state index >= 15 is 4.39 Å². The number of sulfone groups is 1. The Labute approximate surface area is 192 Å². The summed E-state index contributed by atoms with van der Waals surface area (Å²) in [6, 6.07) is 9.53. The van der Waals surface area contributed by atoms with Crippen LogP contribution in [0.4, 0.5) is 15.8 Å². The van der Waals surface area contributed by atoms with Gasteiger partial charge >= 0.3 is 0 Å². The van der Waals surface area contributed by atoms with E-state index in [1.165, 1.54) is 24.4 Å². The van der Waals surface area contributed by atoms with Crippen molar-refractivity contribution in [3.8, 4) is 6.07 Å². The average Bonchev–Trinajstić information content (AvgIpc) is 2.76. The molecule has 1 fully saturated rings. The standard InChI is InChI=1S/C23H28FN5O3S/c1-15(2)33(31,32)17-8-6-16(7-9-17)28-21(20-18(26)10-14-27-22(20)30)29-23(12-13-25)11-4-3-5-19(23)24/h6-10,14-15,19H,3-5,11-12H2,1-2H3,(H,28,29)(H3,26,27,30)/t19-,23-/m1/s1. The molecule has 1 saturated carbocycles. The van der Waals surface area contributed by atoms with Crippen molar-refractivity contribution < 1.29 is 12.8 Å². The van der Waals surface area contributed by atoms with E-state index in [2.05, 4.69) is 15.3 Å². The van der Waals surface area contributed by atoms with Crippen molar-refractivity contribution in [2.24, 2.45) is 4.99 Å². The van der Waals surface area contributed by atoms with E-state index < -0.39 is 32.4 Å². The van der Waals surface area contributed by atoms with Crippen molar-refractivity contribution in [3.05, 3.63) is 52.4 Å².